The van der Waals surface area contributed by atoms with Crippen molar-refractivity contribution in [2.24, 2.45) is 0 Å². The molecule has 1 aromatic heterocycles. The number of carbonyl (C=O) groups excluding carboxylic acids is 2. The molecule has 9 heteroatoms. The summed E-state index contributed by atoms with van der Waals surface area (Å²) in [4.78, 5) is 26.9. The number of ketones is 1. The topological polar surface area (TPSA) is 70.8 Å². The summed E-state index contributed by atoms with van der Waals surface area (Å²) in [5.41, 5.74) is 0.0603. The molecule has 1 atom stereocenters. The maximum atomic E-state index is 13.0. The largest absolute Gasteiger partial charge is 0.507 e. The maximum Gasteiger partial charge on any atom is 0.416 e. The molecule has 1 amide bonds. The van der Waals surface area contributed by atoms with Crippen molar-refractivity contribution in [3.63, 3.8) is 0 Å². The van der Waals surface area contributed by atoms with Gasteiger partial charge in [0.25, 0.3) is 11.7 Å². The van der Waals surface area contributed by atoms with Gasteiger partial charge >= 0.3 is 6.18 Å². The van der Waals surface area contributed by atoms with Gasteiger partial charge in [0.15, 0.2) is 0 Å². The Kier molecular flexibility index (Phi) is 5.46. The highest BCUT2D eigenvalue weighted by Crippen LogP contribution is 2.43. The summed E-state index contributed by atoms with van der Waals surface area (Å²) in [6, 6.07) is 10.7. The number of hydrogen-bond acceptors (Lipinski definition) is 4. The molecule has 1 aliphatic rings. The number of aryl methyl sites for hydroxylation is 1. The van der Waals surface area contributed by atoms with Crippen molar-refractivity contribution in [1.29, 1.82) is 0 Å². The number of aliphatic hydroxyl groups excluding tert-OH is 1. The van der Waals surface area contributed by atoms with E-state index in [1.807, 2.05) is 0 Å². The number of halogens is 4. The second-order valence-corrected chi connectivity index (χ2v) is 8.05. The van der Waals surface area contributed by atoms with Gasteiger partial charge in [0.1, 0.15) is 17.6 Å². The minimum absolute atomic E-state index is 0.0625. The van der Waals surface area contributed by atoms with Gasteiger partial charge in [0.05, 0.1) is 17.4 Å². The van der Waals surface area contributed by atoms with E-state index in [2.05, 4.69) is 15.9 Å². The van der Waals surface area contributed by atoms with Crippen LogP contribution in [0.1, 0.15) is 28.5 Å². The first-order valence-electron chi connectivity index (χ1n) is 9.38. The molecule has 0 aliphatic carbocycles. The monoisotopic (exact) mass is 505 g/mol. The van der Waals surface area contributed by atoms with Gasteiger partial charge in [0.2, 0.25) is 0 Å². The second kappa shape index (κ2) is 7.98. The maximum absolute atomic E-state index is 13.0. The lowest BCUT2D eigenvalue weighted by Crippen LogP contribution is -2.29. The average molecular weight is 506 g/mol. The minimum Gasteiger partial charge on any atom is -0.507 e. The van der Waals surface area contributed by atoms with Gasteiger partial charge in [-0.05, 0) is 61.0 Å². The number of carbonyl (C=O) groups is 2. The molecular weight excluding hydrogens is 491 g/mol. The van der Waals surface area contributed by atoms with E-state index in [0.717, 1.165) is 39.2 Å². The Labute approximate surface area is 188 Å². The third kappa shape index (κ3) is 3.73. The fraction of sp³-hybridized carbons (Fsp3) is 0.130. The van der Waals surface area contributed by atoms with Gasteiger partial charge in [-0.25, -0.2) is 0 Å². The van der Waals surface area contributed by atoms with E-state index >= 15 is 0 Å². The first-order valence-corrected chi connectivity index (χ1v) is 10.2. The molecule has 1 aliphatic heterocycles. The van der Waals surface area contributed by atoms with E-state index in [-0.39, 0.29) is 17.0 Å². The first kappa shape index (κ1) is 21.9. The van der Waals surface area contributed by atoms with E-state index in [9.17, 15) is 27.9 Å². The number of anilines is 1. The third-order valence-electron chi connectivity index (χ3n) is 5.16. The number of rotatable bonds is 3. The lowest BCUT2D eigenvalue weighted by atomic mass is 9.98. The Morgan fingerprint density at radius 3 is 2.34 bits per heavy atom. The summed E-state index contributed by atoms with van der Waals surface area (Å²) in [5.74, 6) is -2.18. The number of benzene rings is 2. The van der Waals surface area contributed by atoms with Gasteiger partial charge in [-0.3, -0.25) is 14.5 Å². The minimum atomic E-state index is -4.55. The molecule has 2 heterocycles. The SMILES string of the molecule is Cc1cc(/C(O)=C2/C(=O)C(=O)N(c3ccc(C(F)(F)F)cc3)C2c2ccco2)ccc1Br. The summed E-state index contributed by atoms with van der Waals surface area (Å²) >= 11 is 3.36. The Morgan fingerprint density at radius 1 is 1.09 bits per heavy atom. The van der Waals surface area contributed by atoms with Gasteiger partial charge in [-0.15, -0.1) is 0 Å². The molecule has 1 N–H and O–H groups in total. The fourth-order valence-electron chi connectivity index (χ4n) is 3.57. The number of furan rings is 1. The molecule has 1 fully saturated rings. The van der Waals surface area contributed by atoms with Gasteiger partial charge in [0, 0.05) is 15.7 Å². The van der Waals surface area contributed by atoms with E-state index in [1.165, 1.54) is 12.3 Å². The number of alkyl halides is 3. The average Bonchev–Trinajstić information content (AvgIpc) is 3.36. The van der Waals surface area contributed by atoms with Crippen LogP contribution in [-0.2, 0) is 15.8 Å². The number of aliphatic hydroxyl groups is 1. The van der Waals surface area contributed by atoms with Crippen LogP contribution in [-0.4, -0.2) is 16.8 Å². The molecule has 0 bridgehead atoms. The van der Waals surface area contributed by atoms with Crippen molar-refractivity contribution in [3.8, 4) is 0 Å². The molecular formula is C23H15BrF3NO4. The third-order valence-corrected chi connectivity index (χ3v) is 6.05. The molecule has 2 aromatic carbocycles. The van der Waals surface area contributed by atoms with Crippen LogP contribution >= 0.6 is 15.9 Å². The van der Waals surface area contributed by atoms with Gasteiger partial charge in [-0.2, -0.15) is 13.2 Å². The van der Waals surface area contributed by atoms with E-state index in [0.29, 0.717) is 5.56 Å². The van der Waals surface area contributed by atoms with E-state index in [1.54, 1.807) is 31.2 Å². The van der Waals surface area contributed by atoms with Crippen molar-refractivity contribution >= 4 is 39.1 Å². The van der Waals surface area contributed by atoms with Crippen LogP contribution in [0.15, 0.2) is 75.3 Å². The van der Waals surface area contributed by atoms with Crippen molar-refractivity contribution in [3.05, 3.63) is 93.4 Å². The lowest BCUT2D eigenvalue weighted by molar-refractivity contribution is -0.137. The zero-order valence-corrected chi connectivity index (χ0v) is 18.1. The van der Waals surface area contributed by atoms with Crippen molar-refractivity contribution in [1.82, 2.24) is 0 Å². The van der Waals surface area contributed by atoms with Crippen LogP contribution in [0.3, 0.4) is 0 Å². The summed E-state index contributed by atoms with van der Waals surface area (Å²) in [5, 5.41) is 11.0. The van der Waals surface area contributed by atoms with Crippen LogP contribution in [0.5, 0.6) is 0 Å². The normalized spacial score (nSPS) is 18.4. The van der Waals surface area contributed by atoms with Crippen LogP contribution in [0.25, 0.3) is 5.76 Å². The Bertz CT molecular complexity index is 1230. The molecule has 3 aromatic rings. The van der Waals surface area contributed by atoms with Crippen molar-refractivity contribution in [2.75, 3.05) is 4.90 Å². The van der Waals surface area contributed by atoms with Crippen LogP contribution < -0.4 is 4.90 Å². The molecule has 0 radical (unpaired) electrons. The van der Waals surface area contributed by atoms with Crippen LogP contribution in [0, 0.1) is 6.92 Å². The lowest BCUT2D eigenvalue weighted by Gasteiger charge is -2.23. The molecule has 0 spiro atoms. The molecule has 4 rings (SSSR count). The first-order chi connectivity index (χ1) is 15.1. The number of amides is 1. The smallest absolute Gasteiger partial charge is 0.416 e. The fourth-order valence-corrected chi connectivity index (χ4v) is 3.82. The summed E-state index contributed by atoms with van der Waals surface area (Å²) in [6.07, 6.45) is -3.21. The van der Waals surface area contributed by atoms with Gasteiger partial charge < -0.3 is 9.52 Å². The molecule has 32 heavy (non-hydrogen) atoms. The number of nitrogens with zero attached hydrogens (tertiary/aromatic N) is 1. The Morgan fingerprint density at radius 2 is 1.78 bits per heavy atom. The predicted octanol–water partition coefficient (Wildman–Crippen LogP) is 6.00. The molecule has 164 valence electrons. The van der Waals surface area contributed by atoms with Gasteiger partial charge in [-0.1, -0.05) is 22.0 Å². The van der Waals surface area contributed by atoms with Crippen LogP contribution in [0.2, 0.25) is 0 Å². The molecule has 1 saturated heterocycles. The number of Topliss-reactive ketones (excluding diaryl/α,β-unsaturated/α-hetero) is 1. The van der Waals surface area contributed by atoms with E-state index in [4.69, 9.17) is 4.42 Å². The summed E-state index contributed by atoms with van der Waals surface area (Å²) in [6.45, 7) is 1.80. The molecule has 0 saturated carbocycles. The van der Waals surface area contributed by atoms with Crippen molar-refractivity contribution in [2.45, 2.75) is 19.1 Å². The number of hydrogen-bond donors (Lipinski definition) is 1. The second-order valence-electron chi connectivity index (χ2n) is 7.19. The molecule has 1 unspecified atom stereocenters. The van der Waals surface area contributed by atoms with Crippen LogP contribution in [0.4, 0.5) is 18.9 Å². The quantitative estimate of drug-likeness (QED) is 0.269. The predicted molar refractivity (Wildman–Crippen MR) is 114 cm³/mol. The zero-order chi connectivity index (χ0) is 23.2. The Hall–Kier alpha value is -3.33. The van der Waals surface area contributed by atoms with E-state index < -0.39 is 35.2 Å². The summed E-state index contributed by atoms with van der Waals surface area (Å²) < 4.78 is 45.1. The van der Waals surface area contributed by atoms with Crippen molar-refractivity contribution < 1.29 is 32.3 Å². The highest BCUT2D eigenvalue weighted by Gasteiger charge is 2.48. The molecule has 5 nitrogen and oxygen atoms in total. The summed E-state index contributed by atoms with van der Waals surface area (Å²) in [7, 11) is 0. The highest BCUT2D eigenvalue weighted by molar-refractivity contribution is 9.10. The highest BCUT2D eigenvalue weighted by atomic mass is 79.9. The standard InChI is InChI=1S/C23H15BrF3NO4/c1-12-11-13(4-9-16(12)24)20(29)18-19(17-3-2-10-32-17)28(22(31)21(18)30)15-7-5-14(6-8-15)23(25,26)27/h2-11,19,29H,1H3/b20-18-. The Balaban J connectivity index is 1.88. The zero-order valence-electron chi connectivity index (χ0n) is 16.5.